The number of fused-ring (bicyclic) bond motifs is 3. The maximum atomic E-state index is 2.28. The van der Waals surface area contributed by atoms with Crippen molar-refractivity contribution in [1.82, 2.24) is 0 Å². The zero-order valence-corrected chi connectivity index (χ0v) is 12.3. The summed E-state index contributed by atoms with van der Waals surface area (Å²) in [7, 11) is 0. The zero-order chi connectivity index (χ0) is 11.8. The van der Waals surface area contributed by atoms with Gasteiger partial charge in [-0.2, -0.15) is 0 Å². The van der Waals surface area contributed by atoms with Crippen molar-refractivity contribution in [2.75, 3.05) is 0 Å². The van der Waals surface area contributed by atoms with Gasteiger partial charge in [0, 0.05) is 0 Å². The van der Waals surface area contributed by atoms with Gasteiger partial charge in [0.1, 0.15) is 0 Å². The van der Waals surface area contributed by atoms with Crippen LogP contribution >= 0.6 is 0 Å². The Labute approximate surface area is 116 Å². The van der Waals surface area contributed by atoms with E-state index in [4.69, 9.17) is 0 Å². The molecule has 0 spiro atoms. The third-order valence-corrected chi connectivity index (χ3v) is 4.78. The predicted molar refractivity (Wildman–Crippen MR) is 70.5 cm³/mol. The van der Waals surface area contributed by atoms with Crippen LogP contribution in [0.15, 0.2) is 48.5 Å². The first-order valence-corrected chi connectivity index (χ1v) is 7.19. The van der Waals surface area contributed by atoms with Gasteiger partial charge in [-0.05, 0) is 0 Å². The molecule has 0 amide bonds. The Bertz CT molecular complexity index is 698. The van der Waals surface area contributed by atoms with Crippen LogP contribution in [0.3, 0.4) is 0 Å². The number of aryl methyl sites for hydroxylation is 1. The molecule has 1 heteroatoms. The molecule has 3 aromatic rings. The summed E-state index contributed by atoms with van der Waals surface area (Å²) >= 11 is 1.51. The van der Waals surface area contributed by atoms with Crippen molar-refractivity contribution in [3.8, 4) is 0 Å². The molecule has 3 rings (SSSR count). The van der Waals surface area contributed by atoms with E-state index in [9.17, 15) is 0 Å². The molecule has 0 fully saturated rings. The Balaban J connectivity index is 2.55. The van der Waals surface area contributed by atoms with E-state index in [0.717, 1.165) is 6.42 Å². The molecule has 0 heterocycles. The van der Waals surface area contributed by atoms with E-state index in [1.165, 1.54) is 55.1 Å². The summed E-state index contributed by atoms with van der Waals surface area (Å²) in [5.41, 5.74) is 1.49. The van der Waals surface area contributed by atoms with E-state index in [-0.39, 0.29) is 0 Å². The topological polar surface area (TPSA) is 0 Å². The molecule has 17 heavy (non-hydrogen) atoms. The van der Waals surface area contributed by atoms with Crippen LogP contribution in [0.25, 0.3) is 21.5 Å². The molecule has 0 atom stereocenters. The summed E-state index contributed by atoms with van der Waals surface area (Å²) in [6, 6.07) is 17.7. The van der Waals surface area contributed by atoms with Crippen LogP contribution in [0, 0.1) is 0 Å². The van der Waals surface area contributed by atoms with Crippen LogP contribution in [0.4, 0.5) is 0 Å². The summed E-state index contributed by atoms with van der Waals surface area (Å²) < 4.78 is 1.52. The van der Waals surface area contributed by atoms with Crippen LogP contribution in [-0.2, 0) is 31.1 Å². The summed E-state index contributed by atoms with van der Waals surface area (Å²) in [5, 5.41) is 5.57. The second-order valence-electron chi connectivity index (χ2n) is 4.34. The molecule has 0 aromatic heterocycles. The van der Waals surface area contributed by atoms with Crippen molar-refractivity contribution >= 4 is 24.8 Å². The Morgan fingerprint density at radius 1 is 0.882 bits per heavy atom. The number of hydrogen-bond acceptors (Lipinski definition) is 0. The average molecular weight is 297 g/mol. The normalized spacial score (nSPS) is 11.1. The molecule has 0 saturated heterocycles. The summed E-state index contributed by atoms with van der Waals surface area (Å²) in [4.78, 5) is 0. The van der Waals surface area contributed by atoms with Gasteiger partial charge in [0.15, 0.2) is 0 Å². The fourth-order valence-electron chi connectivity index (χ4n) is 2.44. The molecule has 0 N–H and O–H groups in total. The second kappa shape index (κ2) is 4.39. The van der Waals surface area contributed by atoms with Crippen molar-refractivity contribution in [1.29, 1.82) is 0 Å². The first-order valence-electron chi connectivity index (χ1n) is 5.96. The third-order valence-electron chi connectivity index (χ3n) is 3.38. The van der Waals surface area contributed by atoms with Gasteiger partial charge in [0.2, 0.25) is 0 Å². The number of benzene rings is 3. The van der Waals surface area contributed by atoms with E-state index in [0.29, 0.717) is 0 Å². The van der Waals surface area contributed by atoms with Gasteiger partial charge >= 0.3 is 117 Å². The maximum absolute atomic E-state index is 2.28. The molecular weight excluding hydrogens is 283 g/mol. The minimum atomic E-state index is 1.12. The molecule has 0 aliphatic carbocycles. The van der Waals surface area contributed by atoms with Gasteiger partial charge in [-0.1, -0.05) is 0 Å². The first kappa shape index (κ1) is 11.2. The Kier molecular flexibility index (Phi) is 2.88. The molecular formula is C16H13Zr. The molecule has 0 aliphatic heterocycles. The van der Waals surface area contributed by atoms with Gasteiger partial charge in [-0.15, -0.1) is 0 Å². The van der Waals surface area contributed by atoms with E-state index in [1.807, 2.05) is 0 Å². The number of hydrogen-bond donors (Lipinski definition) is 0. The van der Waals surface area contributed by atoms with Crippen molar-refractivity contribution < 1.29 is 24.7 Å². The molecule has 81 valence electrons. The van der Waals surface area contributed by atoms with E-state index < -0.39 is 0 Å². The SMILES string of the molecule is CCc1ccc2ccc3ccccc3c2[c]1[Zr]. The van der Waals surface area contributed by atoms with Crippen LogP contribution in [0.1, 0.15) is 12.5 Å². The summed E-state index contributed by atoms with van der Waals surface area (Å²) in [6.45, 7) is 2.24. The van der Waals surface area contributed by atoms with Crippen LogP contribution in [-0.4, -0.2) is 0 Å². The molecule has 3 aromatic carbocycles. The van der Waals surface area contributed by atoms with Crippen molar-refractivity contribution in [2.45, 2.75) is 13.3 Å². The molecule has 0 unspecified atom stereocenters. The van der Waals surface area contributed by atoms with Gasteiger partial charge in [0.25, 0.3) is 0 Å². The van der Waals surface area contributed by atoms with Crippen LogP contribution < -0.4 is 3.27 Å². The standard InChI is InChI=1S/C16H13.Zr/c1-2-12-7-8-14-10-9-13-5-3-4-6-15(13)16(14)11-12;/h3-10H,2H2,1H3;. The average Bonchev–Trinajstić information content (AvgIpc) is 2.38. The Morgan fingerprint density at radius 2 is 1.59 bits per heavy atom. The quantitative estimate of drug-likeness (QED) is 0.600. The van der Waals surface area contributed by atoms with Crippen molar-refractivity contribution in [3.63, 3.8) is 0 Å². The molecule has 0 saturated carbocycles. The Morgan fingerprint density at radius 3 is 2.41 bits per heavy atom. The fourth-order valence-corrected chi connectivity index (χ4v) is 3.76. The zero-order valence-electron chi connectivity index (χ0n) is 9.83. The summed E-state index contributed by atoms with van der Waals surface area (Å²) in [6.07, 6.45) is 1.12. The van der Waals surface area contributed by atoms with Crippen LogP contribution in [0.2, 0.25) is 0 Å². The molecule has 0 nitrogen and oxygen atoms in total. The van der Waals surface area contributed by atoms with Gasteiger partial charge in [-0.3, -0.25) is 0 Å². The third kappa shape index (κ3) is 1.77. The number of rotatable bonds is 1. The second-order valence-corrected chi connectivity index (χ2v) is 5.57. The summed E-state index contributed by atoms with van der Waals surface area (Å²) in [5.74, 6) is 0. The fraction of sp³-hybridized carbons (Fsp3) is 0.125. The first-order chi connectivity index (χ1) is 8.31. The van der Waals surface area contributed by atoms with Crippen molar-refractivity contribution in [2.24, 2.45) is 0 Å². The van der Waals surface area contributed by atoms with Crippen LogP contribution in [0.5, 0.6) is 0 Å². The Hall–Kier alpha value is -0.937. The minimum absolute atomic E-state index is 1.12. The van der Waals surface area contributed by atoms with Crippen molar-refractivity contribution in [3.05, 3.63) is 54.1 Å². The monoisotopic (exact) mass is 295 g/mol. The van der Waals surface area contributed by atoms with Gasteiger partial charge in [0.05, 0.1) is 0 Å². The van der Waals surface area contributed by atoms with Gasteiger partial charge in [-0.25, -0.2) is 0 Å². The van der Waals surface area contributed by atoms with E-state index in [1.54, 1.807) is 0 Å². The predicted octanol–water partition coefficient (Wildman–Crippen LogP) is 3.73. The van der Waals surface area contributed by atoms with E-state index in [2.05, 4.69) is 55.5 Å². The molecule has 0 bridgehead atoms. The molecule has 0 radical (unpaired) electrons. The molecule has 0 aliphatic rings. The van der Waals surface area contributed by atoms with Gasteiger partial charge < -0.3 is 0 Å². The van der Waals surface area contributed by atoms with E-state index >= 15 is 0 Å².